The van der Waals surface area contributed by atoms with Gasteiger partial charge in [0.2, 0.25) is 0 Å². The number of rotatable bonds is 4. The summed E-state index contributed by atoms with van der Waals surface area (Å²) in [5.41, 5.74) is 2.42. The molecule has 2 aromatic rings. The van der Waals surface area contributed by atoms with Crippen LogP contribution >= 0.6 is 0 Å². The van der Waals surface area contributed by atoms with E-state index in [9.17, 15) is 9.18 Å². The number of carbonyl (C=O) groups is 1. The summed E-state index contributed by atoms with van der Waals surface area (Å²) in [6, 6.07) is 3.99. The zero-order valence-electron chi connectivity index (χ0n) is 17.4. The summed E-state index contributed by atoms with van der Waals surface area (Å²) in [4.78, 5) is 26.4. The van der Waals surface area contributed by atoms with Crippen LogP contribution in [0.3, 0.4) is 0 Å². The Labute approximate surface area is 175 Å². The number of hydrogen-bond acceptors (Lipinski definition) is 7. The quantitative estimate of drug-likeness (QED) is 0.471. The first-order valence-corrected chi connectivity index (χ1v) is 10.0. The lowest BCUT2D eigenvalue weighted by atomic mass is 10.0. The minimum atomic E-state index is -0.466. The Kier molecular flexibility index (Phi) is 5.38. The van der Waals surface area contributed by atoms with Gasteiger partial charge in [-0.25, -0.2) is 15.2 Å². The highest BCUT2D eigenvalue weighted by molar-refractivity contribution is 6.00. The Hall–Kier alpha value is -3.07. The fraction of sp³-hybridized carbons (Fsp3) is 0.429. The van der Waals surface area contributed by atoms with Crippen molar-refractivity contribution in [2.75, 3.05) is 36.2 Å². The summed E-state index contributed by atoms with van der Waals surface area (Å²) in [5, 5.41) is 4.99. The van der Waals surface area contributed by atoms with Gasteiger partial charge in [0, 0.05) is 56.5 Å². The molecule has 2 saturated heterocycles. The van der Waals surface area contributed by atoms with E-state index >= 15 is 0 Å². The number of hydrazine groups is 1. The highest BCUT2D eigenvalue weighted by atomic mass is 19.1. The first-order chi connectivity index (χ1) is 14.4. The summed E-state index contributed by atoms with van der Waals surface area (Å²) in [5.74, 6) is 6.93. The Morgan fingerprint density at radius 1 is 1.27 bits per heavy atom. The molecule has 1 aromatic carbocycles. The van der Waals surface area contributed by atoms with E-state index in [0.717, 1.165) is 35.4 Å². The van der Waals surface area contributed by atoms with Crippen LogP contribution in [0.2, 0.25) is 0 Å². The topological polar surface area (TPSA) is 91.0 Å². The number of nitrogens with zero attached hydrogens (tertiary/aromatic N) is 6. The summed E-state index contributed by atoms with van der Waals surface area (Å²) >= 11 is 0. The van der Waals surface area contributed by atoms with E-state index in [-0.39, 0.29) is 11.6 Å². The fourth-order valence-electron chi connectivity index (χ4n) is 4.39. The number of nitrogens with two attached hydrogens (primary N) is 1. The number of anilines is 2. The third-order valence-electron chi connectivity index (χ3n) is 5.80. The van der Waals surface area contributed by atoms with E-state index in [1.807, 2.05) is 18.7 Å². The van der Waals surface area contributed by atoms with Gasteiger partial charge in [-0.05, 0) is 32.9 Å². The Balaban J connectivity index is 1.49. The number of amides is 1. The number of aryl methyl sites for hydroxylation is 2. The molecule has 2 N–H and O–H groups in total. The predicted molar refractivity (Wildman–Crippen MR) is 114 cm³/mol. The third-order valence-corrected chi connectivity index (χ3v) is 5.80. The second-order valence-electron chi connectivity index (χ2n) is 7.94. The van der Waals surface area contributed by atoms with Crippen LogP contribution in [0.15, 0.2) is 29.5 Å². The Morgan fingerprint density at radius 2 is 1.97 bits per heavy atom. The third kappa shape index (κ3) is 3.72. The van der Waals surface area contributed by atoms with Gasteiger partial charge in [0.05, 0.1) is 22.6 Å². The summed E-state index contributed by atoms with van der Waals surface area (Å²) < 4.78 is 13.8. The Bertz CT molecular complexity index is 981. The van der Waals surface area contributed by atoms with Crippen LogP contribution in [0.4, 0.5) is 15.9 Å². The number of halogens is 1. The van der Waals surface area contributed by atoms with Crippen molar-refractivity contribution in [3.8, 4) is 0 Å². The van der Waals surface area contributed by atoms with Crippen LogP contribution in [0.5, 0.6) is 0 Å². The minimum Gasteiger partial charge on any atom is -0.354 e. The summed E-state index contributed by atoms with van der Waals surface area (Å²) in [6.07, 6.45) is 3.27. The van der Waals surface area contributed by atoms with E-state index in [1.165, 1.54) is 24.4 Å². The van der Waals surface area contributed by atoms with E-state index in [0.29, 0.717) is 30.5 Å². The molecule has 2 fully saturated rings. The molecule has 30 heavy (non-hydrogen) atoms. The van der Waals surface area contributed by atoms with Crippen molar-refractivity contribution < 1.29 is 9.18 Å². The zero-order chi connectivity index (χ0) is 21.4. The second kappa shape index (κ2) is 7.98. The lowest BCUT2D eigenvalue weighted by Gasteiger charge is -2.24. The van der Waals surface area contributed by atoms with E-state index < -0.39 is 5.82 Å². The number of benzene rings is 1. The highest BCUT2D eigenvalue weighted by Gasteiger charge is 2.43. The molecule has 2 aliphatic rings. The number of carbonyl (C=O) groups excluding carboxylic acids is 1. The first-order valence-electron chi connectivity index (χ1n) is 10.0. The first kappa shape index (κ1) is 20.2. The highest BCUT2D eigenvalue weighted by Crippen LogP contribution is 2.35. The van der Waals surface area contributed by atoms with Crippen LogP contribution in [0.25, 0.3) is 0 Å². The molecule has 0 saturated carbocycles. The van der Waals surface area contributed by atoms with Crippen LogP contribution in [0.1, 0.15) is 28.7 Å². The maximum absolute atomic E-state index is 13.8. The number of fused-ring (bicyclic) bond motifs is 1. The molecule has 0 aliphatic carbocycles. The molecule has 9 heteroatoms. The maximum Gasteiger partial charge on any atom is 0.256 e. The van der Waals surface area contributed by atoms with Crippen molar-refractivity contribution in [1.82, 2.24) is 14.9 Å². The SMILES string of the molecule is CC=NN(N)c1cc(F)ccc1C(=O)N1CC2CN(c3nc(C)cnc3C)CC2C1. The average molecular weight is 411 g/mol. The van der Waals surface area contributed by atoms with Crippen LogP contribution in [0, 0.1) is 31.5 Å². The van der Waals surface area contributed by atoms with Gasteiger partial charge in [-0.3, -0.25) is 9.78 Å². The second-order valence-corrected chi connectivity index (χ2v) is 7.94. The van der Waals surface area contributed by atoms with Gasteiger partial charge in [0.15, 0.2) is 0 Å². The molecule has 3 heterocycles. The lowest BCUT2D eigenvalue weighted by Crippen LogP contribution is -2.35. The average Bonchev–Trinajstić information content (AvgIpc) is 3.28. The normalized spacial score (nSPS) is 20.8. The van der Waals surface area contributed by atoms with Gasteiger partial charge in [-0.2, -0.15) is 10.2 Å². The smallest absolute Gasteiger partial charge is 0.256 e. The summed E-state index contributed by atoms with van der Waals surface area (Å²) in [6.45, 7) is 8.59. The molecule has 2 unspecified atom stereocenters. The molecule has 1 aromatic heterocycles. The van der Waals surface area contributed by atoms with E-state index in [1.54, 1.807) is 13.1 Å². The number of aromatic nitrogens is 2. The number of likely N-dealkylation sites (tertiary alicyclic amines) is 1. The molecule has 0 bridgehead atoms. The molecule has 158 valence electrons. The van der Waals surface area contributed by atoms with Crippen LogP contribution < -0.4 is 15.9 Å². The molecule has 0 spiro atoms. The number of hydrogen-bond donors (Lipinski definition) is 1. The number of hydrazone groups is 1. The molecular formula is C21H26FN7O. The maximum atomic E-state index is 13.8. The monoisotopic (exact) mass is 411 g/mol. The molecule has 2 aliphatic heterocycles. The van der Waals surface area contributed by atoms with Gasteiger partial charge in [-0.1, -0.05) is 0 Å². The fourth-order valence-corrected chi connectivity index (χ4v) is 4.39. The van der Waals surface area contributed by atoms with E-state index in [4.69, 9.17) is 5.84 Å². The predicted octanol–water partition coefficient (Wildman–Crippen LogP) is 2.13. The van der Waals surface area contributed by atoms with Crippen molar-refractivity contribution >= 4 is 23.6 Å². The van der Waals surface area contributed by atoms with Crippen molar-refractivity contribution in [1.29, 1.82) is 0 Å². The van der Waals surface area contributed by atoms with Crippen LogP contribution in [-0.2, 0) is 0 Å². The molecule has 8 nitrogen and oxygen atoms in total. The molecule has 0 radical (unpaired) electrons. The summed E-state index contributed by atoms with van der Waals surface area (Å²) in [7, 11) is 0. The van der Waals surface area contributed by atoms with E-state index in [2.05, 4.69) is 20.0 Å². The molecule has 4 rings (SSSR count). The van der Waals surface area contributed by atoms with Gasteiger partial charge >= 0.3 is 0 Å². The lowest BCUT2D eigenvalue weighted by molar-refractivity contribution is 0.0783. The van der Waals surface area contributed by atoms with Crippen molar-refractivity contribution in [2.24, 2.45) is 22.8 Å². The standard InChI is InChI=1S/C21H26FN7O/c1-4-25-29(23)19-7-17(22)5-6-18(19)21(30)28-11-15-9-27(10-16(15)12-28)20-14(3)24-8-13(2)26-20/h4-8,15-16H,9-12,23H2,1-3H3. The minimum absolute atomic E-state index is 0.153. The van der Waals surface area contributed by atoms with Crippen molar-refractivity contribution in [3.05, 3.63) is 47.2 Å². The van der Waals surface area contributed by atoms with Gasteiger partial charge in [-0.15, -0.1) is 0 Å². The zero-order valence-corrected chi connectivity index (χ0v) is 17.4. The molecule has 1 amide bonds. The van der Waals surface area contributed by atoms with Crippen molar-refractivity contribution in [2.45, 2.75) is 20.8 Å². The van der Waals surface area contributed by atoms with Crippen LogP contribution in [-0.4, -0.2) is 53.2 Å². The molecular weight excluding hydrogens is 385 g/mol. The van der Waals surface area contributed by atoms with Gasteiger partial charge in [0.25, 0.3) is 5.91 Å². The Morgan fingerprint density at radius 3 is 2.63 bits per heavy atom. The molecule has 2 atom stereocenters. The van der Waals surface area contributed by atoms with Crippen molar-refractivity contribution in [3.63, 3.8) is 0 Å². The van der Waals surface area contributed by atoms with Gasteiger partial charge in [0.1, 0.15) is 11.6 Å². The largest absolute Gasteiger partial charge is 0.354 e. The van der Waals surface area contributed by atoms with Gasteiger partial charge < -0.3 is 9.80 Å².